The quantitative estimate of drug-likeness (QED) is 0.373. The first kappa shape index (κ1) is 30.2. The summed E-state index contributed by atoms with van der Waals surface area (Å²) in [6.07, 6.45) is 3.66. The normalized spacial score (nSPS) is 14.8. The van der Waals surface area contributed by atoms with Crippen LogP contribution in [0.5, 0.6) is 0 Å². The molecule has 1 N–H and O–H groups in total. The molecule has 0 saturated heterocycles. The van der Waals surface area contributed by atoms with Crippen molar-refractivity contribution < 1.29 is 27.1 Å². The number of nitrogens with one attached hydrogen (secondary N) is 1. The minimum atomic E-state index is -4.10. The van der Waals surface area contributed by atoms with Crippen molar-refractivity contribution in [2.24, 2.45) is 11.8 Å². The molecule has 0 aliphatic carbocycles. The monoisotopic (exact) mass is 535 g/mol. The molecule has 0 radical (unpaired) electrons. The summed E-state index contributed by atoms with van der Waals surface area (Å²) in [5, 5.41) is 8.74. The number of methoxy groups -OCH3 is 1. The Morgan fingerprint density at radius 1 is 1.27 bits per heavy atom. The van der Waals surface area contributed by atoms with E-state index < -0.39 is 33.6 Å². The molecule has 10 heteroatoms. The first-order valence-corrected chi connectivity index (χ1v) is 13.6. The summed E-state index contributed by atoms with van der Waals surface area (Å²) in [5.74, 6) is -0.881. The minimum Gasteiger partial charge on any atom is -0.444 e. The summed E-state index contributed by atoms with van der Waals surface area (Å²) in [7, 11) is -1.08. The van der Waals surface area contributed by atoms with Gasteiger partial charge in [0.2, 0.25) is 0 Å². The van der Waals surface area contributed by atoms with Crippen molar-refractivity contribution in [3.8, 4) is 11.3 Å². The molecule has 204 valence electrons. The summed E-state index contributed by atoms with van der Waals surface area (Å²) in [5.41, 5.74) is 0.0346. The zero-order valence-corrected chi connectivity index (χ0v) is 23.4. The first-order valence-electron chi connectivity index (χ1n) is 12.1. The smallest absolute Gasteiger partial charge is 0.410 e. The number of benzene rings is 1. The molecule has 0 saturated carbocycles. The van der Waals surface area contributed by atoms with Gasteiger partial charge in [0.05, 0.1) is 18.3 Å². The van der Waals surface area contributed by atoms with Gasteiger partial charge in [0, 0.05) is 43.5 Å². The van der Waals surface area contributed by atoms with Crippen molar-refractivity contribution in [3.05, 3.63) is 59.4 Å². The standard InChI is InChI=1S/C27H38FN3O5S/c1-8-19(2)21(25(16-29)35-7)13-14-37(33,34)31-18-20(17-30(6)26(32)36-27(3,4)5)15-24(31)22-11-9-10-12-23(22)28/h9-16,18-19,21,25,29H,8,17H2,1-7H3/b14-13+,29-16?/t19-,21-,25?/m0/s1. The summed E-state index contributed by atoms with van der Waals surface area (Å²) in [6.45, 7) is 9.25. The Morgan fingerprint density at radius 2 is 1.92 bits per heavy atom. The maximum Gasteiger partial charge on any atom is 0.410 e. The number of hydrogen-bond donors (Lipinski definition) is 1. The van der Waals surface area contributed by atoms with Crippen molar-refractivity contribution >= 4 is 22.3 Å². The van der Waals surface area contributed by atoms with Gasteiger partial charge in [-0.2, -0.15) is 0 Å². The third-order valence-electron chi connectivity index (χ3n) is 5.98. The molecule has 8 nitrogen and oxygen atoms in total. The van der Waals surface area contributed by atoms with E-state index in [0.717, 1.165) is 22.0 Å². The fraction of sp³-hybridized carbons (Fsp3) is 0.481. The number of hydrogen-bond acceptors (Lipinski definition) is 6. The Hall–Kier alpha value is -2.98. The van der Waals surface area contributed by atoms with E-state index in [2.05, 4.69) is 0 Å². The summed E-state index contributed by atoms with van der Waals surface area (Å²) >= 11 is 0. The number of rotatable bonds is 11. The lowest BCUT2D eigenvalue weighted by Gasteiger charge is -2.25. The van der Waals surface area contributed by atoms with Gasteiger partial charge in [-0.3, -0.25) is 0 Å². The fourth-order valence-electron chi connectivity index (χ4n) is 3.82. The van der Waals surface area contributed by atoms with Gasteiger partial charge in [-0.1, -0.05) is 38.5 Å². The van der Waals surface area contributed by atoms with E-state index in [0.29, 0.717) is 5.56 Å². The molecule has 1 heterocycles. The van der Waals surface area contributed by atoms with Crippen LogP contribution in [0.25, 0.3) is 11.3 Å². The predicted molar refractivity (Wildman–Crippen MR) is 144 cm³/mol. The summed E-state index contributed by atoms with van der Waals surface area (Å²) < 4.78 is 53.6. The van der Waals surface area contributed by atoms with Crippen LogP contribution in [0.4, 0.5) is 9.18 Å². The second kappa shape index (κ2) is 12.5. The Bertz CT molecular complexity index is 1220. The average Bonchev–Trinajstić information content (AvgIpc) is 3.25. The molecule has 0 fully saturated rings. The van der Waals surface area contributed by atoms with Crippen LogP contribution in [-0.4, -0.2) is 55.5 Å². The Kier molecular flexibility index (Phi) is 10.2. The van der Waals surface area contributed by atoms with Gasteiger partial charge in [-0.05, 0) is 50.5 Å². The summed E-state index contributed by atoms with van der Waals surface area (Å²) in [4.78, 5) is 13.8. The SMILES string of the molecule is CC[C@H](C)[C@H](/C=C/S(=O)(=O)n1cc(CN(C)C(=O)OC(C)(C)C)cc1-c1ccccc1F)C(C=N)OC. The zero-order chi connectivity index (χ0) is 28.0. The number of carbonyl (C=O) groups is 1. The number of ether oxygens (including phenoxy) is 2. The molecule has 0 aliphatic rings. The van der Waals surface area contributed by atoms with Crippen LogP contribution in [0, 0.1) is 23.1 Å². The van der Waals surface area contributed by atoms with Crippen LogP contribution >= 0.6 is 0 Å². The molecule has 1 aromatic carbocycles. The molecular formula is C27H38FN3O5S. The molecule has 37 heavy (non-hydrogen) atoms. The van der Waals surface area contributed by atoms with Gasteiger partial charge in [0.15, 0.2) is 0 Å². The highest BCUT2D eigenvalue weighted by Crippen LogP contribution is 2.29. The molecule has 2 aromatic rings. The second-order valence-corrected chi connectivity index (χ2v) is 11.7. The van der Waals surface area contributed by atoms with Crippen LogP contribution in [-0.2, 0) is 26.0 Å². The molecule has 1 aromatic heterocycles. The molecule has 3 atom stereocenters. The van der Waals surface area contributed by atoms with Crippen LogP contribution in [0.1, 0.15) is 46.6 Å². The highest BCUT2D eigenvalue weighted by atomic mass is 32.2. The van der Waals surface area contributed by atoms with Crippen molar-refractivity contribution in [3.63, 3.8) is 0 Å². The molecule has 0 spiro atoms. The van der Waals surface area contributed by atoms with E-state index in [-0.39, 0.29) is 29.6 Å². The average molecular weight is 536 g/mol. The topological polar surface area (TPSA) is 102 Å². The van der Waals surface area contributed by atoms with E-state index in [1.807, 2.05) is 13.8 Å². The van der Waals surface area contributed by atoms with Gasteiger partial charge in [0.25, 0.3) is 10.0 Å². The maximum atomic E-state index is 14.7. The number of aromatic nitrogens is 1. The number of nitrogens with zero attached hydrogens (tertiary/aromatic N) is 2. The Balaban J connectivity index is 2.54. The Labute approximate surface area is 219 Å². The third kappa shape index (κ3) is 8.00. The van der Waals surface area contributed by atoms with Gasteiger partial charge in [-0.25, -0.2) is 21.6 Å². The predicted octanol–water partition coefficient (Wildman–Crippen LogP) is 5.68. The lowest BCUT2D eigenvalue weighted by molar-refractivity contribution is 0.0285. The molecule has 1 unspecified atom stereocenters. The van der Waals surface area contributed by atoms with E-state index in [4.69, 9.17) is 14.9 Å². The third-order valence-corrected chi connectivity index (χ3v) is 7.33. The lowest BCUT2D eigenvalue weighted by atomic mass is 9.87. The van der Waals surface area contributed by atoms with E-state index >= 15 is 0 Å². The van der Waals surface area contributed by atoms with Gasteiger partial charge < -0.3 is 19.8 Å². The minimum absolute atomic E-state index is 0.0479. The van der Waals surface area contributed by atoms with Crippen LogP contribution in [0.2, 0.25) is 0 Å². The largest absolute Gasteiger partial charge is 0.444 e. The second-order valence-electron chi connectivity index (χ2n) is 10.0. The number of amides is 1. The molecular weight excluding hydrogens is 497 g/mol. The first-order chi connectivity index (χ1) is 17.2. The maximum absolute atomic E-state index is 14.7. The molecule has 0 aliphatic heterocycles. The van der Waals surface area contributed by atoms with Gasteiger partial charge in [0.1, 0.15) is 11.4 Å². The van der Waals surface area contributed by atoms with Gasteiger partial charge in [-0.15, -0.1) is 0 Å². The molecule has 2 rings (SSSR count). The zero-order valence-electron chi connectivity index (χ0n) is 22.6. The van der Waals surface area contributed by atoms with Crippen molar-refractivity contribution in [2.75, 3.05) is 14.2 Å². The van der Waals surface area contributed by atoms with Crippen molar-refractivity contribution in [1.82, 2.24) is 8.87 Å². The highest BCUT2D eigenvalue weighted by molar-refractivity contribution is 7.92. The molecule has 1 amide bonds. The van der Waals surface area contributed by atoms with E-state index in [9.17, 15) is 17.6 Å². The fourth-order valence-corrected chi connectivity index (χ4v) is 5.04. The van der Waals surface area contributed by atoms with Crippen LogP contribution in [0.15, 0.2) is 48.0 Å². The van der Waals surface area contributed by atoms with Crippen LogP contribution < -0.4 is 0 Å². The van der Waals surface area contributed by atoms with Crippen molar-refractivity contribution in [1.29, 1.82) is 5.41 Å². The van der Waals surface area contributed by atoms with Gasteiger partial charge >= 0.3 is 6.09 Å². The van der Waals surface area contributed by atoms with Crippen LogP contribution in [0.3, 0.4) is 0 Å². The number of carbonyl (C=O) groups excluding carboxylic acids is 1. The molecule has 0 bridgehead atoms. The Morgan fingerprint density at radius 3 is 2.46 bits per heavy atom. The van der Waals surface area contributed by atoms with E-state index in [1.165, 1.54) is 42.5 Å². The highest BCUT2D eigenvalue weighted by Gasteiger charge is 2.26. The van der Waals surface area contributed by atoms with Crippen molar-refractivity contribution in [2.45, 2.75) is 59.3 Å². The van der Waals surface area contributed by atoms with E-state index in [1.54, 1.807) is 40.0 Å². The lowest BCUT2D eigenvalue weighted by Crippen LogP contribution is -2.33. The summed E-state index contributed by atoms with van der Waals surface area (Å²) in [6, 6.07) is 7.45. The number of halogens is 1.